The third kappa shape index (κ3) is 2.73. The molecule has 0 atom stereocenters. The maximum absolute atomic E-state index is 4.38. The first-order valence-corrected chi connectivity index (χ1v) is 6.64. The molecule has 3 nitrogen and oxygen atoms in total. The van der Waals surface area contributed by atoms with Crippen LogP contribution in [-0.4, -0.2) is 15.6 Å². The molecule has 94 valence electrons. The Kier molecular flexibility index (Phi) is 3.05. The zero-order chi connectivity index (χ0) is 12.4. The molecule has 3 rings (SSSR count). The molecule has 0 bridgehead atoms. The summed E-state index contributed by atoms with van der Waals surface area (Å²) in [5, 5.41) is 3.46. The average molecular weight is 241 g/mol. The first kappa shape index (κ1) is 11.3. The van der Waals surface area contributed by atoms with Crippen molar-refractivity contribution in [3.63, 3.8) is 0 Å². The van der Waals surface area contributed by atoms with Crippen molar-refractivity contribution in [3.05, 3.63) is 47.8 Å². The van der Waals surface area contributed by atoms with Crippen molar-refractivity contribution in [2.24, 2.45) is 0 Å². The lowest BCUT2D eigenvalue weighted by Gasteiger charge is -2.09. The molecule has 0 saturated heterocycles. The second-order valence-corrected chi connectivity index (χ2v) is 5.10. The van der Waals surface area contributed by atoms with E-state index < -0.39 is 0 Å². The molecule has 0 unspecified atom stereocenters. The van der Waals surface area contributed by atoms with Crippen LogP contribution in [0.25, 0.3) is 0 Å². The van der Waals surface area contributed by atoms with Crippen LogP contribution in [0.1, 0.15) is 24.0 Å². The van der Waals surface area contributed by atoms with Gasteiger partial charge in [0.25, 0.3) is 0 Å². The van der Waals surface area contributed by atoms with E-state index in [1.165, 1.54) is 24.0 Å². The largest absolute Gasteiger partial charge is 0.353 e. The molecule has 0 spiro atoms. The Morgan fingerprint density at radius 3 is 3.06 bits per heavy atom. The minimum Gasteiger partial charge on any atom is -0.353 e. The molecule has 0 amide bonds. The highest BCUT2D eigenvalue weighted by Crippen LogP contribution is 2.23. The number of aromatic nitrogens is 2. The van der Waals surface area contributed by atoms with Crippen molar-refractivity contribution in [1.82, 2.24) is 9.55 Å². The normalized spacial score (nSPS) is 14.7. The number of aryl methyl sites for hydroxylation is 3. The van der Waals surface area contributed by atoms with Gasteiger partial charge in [0.05, 0.1) is 0 Å². The summed E-state index contributed by atoms with van der Waals surface area (Å²) in [6.45, 7) is 3.12. The second-order valence-electron chi connectivity index (χ2n) is 5.10. The van der Waals surface area contributed by atoms with Crippen molar-refractivity contribution in [1.29, 1.82) is 0 Å². The van der Waals surface area contributed by atoms with Gasteiger partial charge in [-0.25, -0.2) is 4.98 Å². The van der Waals surface area contributed by atoms with E-state index in [1.54, 1.807) is 0 Å². The highest BCUT2D eigenvalue weighted by atomic mass is 15.2. The van der Waals surface area contributed by atoms with Gasteiger partial charge in [0.15, 0.2) is 0 Å². The summed E-state index contributed by atoms with van der Waals surface area (Å²) in [6.07, 6.45) is 7.55. The summed E-state index contributed by atoms with van der Waals surface area (Å²) >= 11 is 0. The fourth-order valence-electron chi connectivity index (χ4n) is 2.16. The lowest BCUT2D eigenvalue weighted by molar-refractivity contribution is 0.698. The molecule has 1 heterocycles. The van der Waals surface area contributed by atoms with Crippen LogP contribution in [0.2, 0.25) is 0 Å². The van der Waals surface area contributed by atoms with Crippen molar-refractivity contribution in [2.75, 3.05) is 5.32 Å². The van der Waals surface area contributed by atoms with Crippen molar-refractivity contribution in [2.45, 2.75) is 38.8 Å². The maximum atomic E-state index is 4.38. The van der Waals surface area contributed by atoms with Gasteiger partial charge in [0.1, 0.15) is 0 Å². The minimum absolute atomic E-state index is 0.658. The third-order valence-electron chi connectivity index (χ3n) is 3.35. The number of imidazole rings is 1. The van der Waals surface area contributed by atoms with Gasteiger partial charge in [-0.15, -0.1) is 0 Å². The summed E-state index contributed by atoms with van der Waals surface area (Å²) in [4.78, 5) is 4.38. The van der Waals surface area contributed by atoms with Gasteiger partial charge >= 0.3 is 0 Å². The molecule has 0 radical (unpaired) electrons. The SMILES string of the molecule is Cc1cccc(CCn2ccnc2NC2CC2)c1. The Hall–Kier alpha value is -1.77. The number of benzene rings is 1. The number of nitrogens with one attached hydrogen (secondary N) is 1. The van der Waals surface area contributed by atoms with E-state index in [1.807, 2.05) is 6.20 Å². The molecule has 1 N–H and O–H groups in total. The molecule has 0 aliphatic heterocycles. The van der Waals surface area contributed by atoms with E-state index in [9.17, 15) is 0 Å². The maximum Gasteiger partial charge on any atom is 0.202 e. The van der Waals surface area contributed by atoms with Gasteiger partial charge < -0.3 is 9.88 Å². The lowest BCUT2D eigenvalue weighted by Crippen LogP contribution is -2.10. The summed E-state index contributed by atoms with van der Waals surface area (Å²) < 4.78 is 2.21. The number of anilines is 1. The standard InChI is InChI=1S/C15H19N3/c1-12-3-2-4-13(11-12)7-9-18-10-8-16-15(18)17-14-5-6-14/h2-4,8,10-11,14H,5-7,9H2,1H3,(H,16,17). The van der Waals surface area contributed by atoms with Crippen molar-refractivity contribution in [3.8, 4) is 0 Å². The van der Waals surface area contributed by atoms with E-state index in [4.69, 9.17) is 0 Å². The van der Waals surface area contributed by atoms with Crippen LogP contribution in [0.3, 0.4) is 0 Å². The molecule has 2 aromatic rings. The summed E-state index contributed by atoms with van der Waals surface area (Å²) in [5.74, 6) is 1.02. The predicted octanol–water partition coefficient (Wildman–Crippen LogP) is 3.01. The smallest absolute Gasteiger partial charge is 0.202 e. The van der Waals surface area contributed by atoms with E-state index in [0.29, 0.717) is 6.04 Å². The van der Waals surface area contributed by atoms with Gasteiger partial charge in [-0.1, -0.05) is 29.8 Å². The average Bonchev–Trinajstić information content (AvgIpc) is 3.05. The molecule has 1 aliphatic rings. The van der Waals surface area contributed by atoms with E-state index in [-0.39, 0.29) is 0 Å². The topological polar surface area (TPSA) is 29.9 Å². The number of hydrogen-bond acceptors (Lipinski definition) is 2. The number of rotatable bonds is 5. The minimum atomic E-state index is 0.658. The highest BCUT2D eigenvalue weighted by Gasteiger charge is 2.22. The first-order valence-electron chi connectivity index (χ1n) is 6.64. The van der Waals surface area contributed by atoms with E-state index in [0.717, 1.165) is 18.9 Å². The summed E-state index contributed by atoms with van der Waals surface area (Å²) in [6, 6.07) is 9.37. The molecule has 3 heteroatoms. The van der Waals surface area contributed by atoms with Crippen LogP contribution in [-0.2, 0) is 13.0 Å². The Balaban J connectivity index is 1.63. The van der Waals surface area contributed by atoms with E-state index in [2.05, 4.69) is 52.3 Å². The Morgan fingerprint density at radius 2 is 2.28 bits per heavy atom. The van der Waals surface area contributed by atoms with Gasteiger partial charge in [-0.05, 0) is 31.7 Å². The van der Waals surface area contributed by atoms with Crippen LogP contribution in [0, 0.1) is 6.92 Å². The molecule has 1 aromatic heterocycles. The summed E-state index contributed by atoms with van der Waals surface area (Å²) in [7, 11) is 0. The number of nitrogens with zero attached hydrogens (tertiary/aromatic N) is 2. The second kappa shape index (κ2) is 4.84. The van der Waals surface area contributed by atoms with Gasteiger partial charge in [-0.3, -0.25) is 0 Å². The van der Waals surface area contributed by atoms with E-state index >= 15 is 0 Å². The molecule has 1 aromatic carbocycles. The fraction of sp³-hybridized carbons (Fsp3) is 0.400. The predicted molar refractivity (Wildman–Crippen MR) is 73.8 cm³/mol. The van der Waals surface area contributed by atoms with Crippen LogP contribution in [0.15, 0.2) is 36.7 Å². The summed E-state index contributed by atoms with van der Waals surface area (Å²) in [5.41, 5.74) is 2.72. The Bertz CT molecular complexity index is 526. The Labute approximate surface area is 108 Å². The van der Waals surface area contributed by atoms with Crippen LogP contribution < -0.4 is 5.32 Å². The third-order valence-corrected chi connectivity index (χ3v) is 3.35. The Morgan fingerprint density at radius 1 is 1.39 bits per heavy atom. The molecule has 1 saturated carbocycles. The zero-order valence-electron chi connectivity index (χ0n) is 10.8. The molecule has 18 heavy (non-hydrogen) atoms. The zero-order valence-corrected chi connectivity index (χ0v) is 10.8. The highest BCUT2D eigenvalue weighted by molar-refractivity contribution is 5.30. The molecule has 1 aliphatic carbocycles. The van der Waals surface area contributed by atoms with Crippen LogP contribution >= 0.6 is 0 Å². The monoisotopic (exact) mass is 241 g/mol. The van der Waals surface area contributed by atoms with Gasteiger partial charge in [0, 0.05) is 25.0 Å². The molecular formula is C15H19N3. The number of hydrogen-bond donors (Lipinski definition) is 1. The van der Waals surface area contributed by atoms with Gasteiger partial charge in [-0.2, -0.15) is 0 Å². The first-order chi connectivity index (χ1) is 8.81. The van der Waals surface area contributed by atoms with Crippen molar-refractivity contribution < 1.29 is 0 Å². The molecule has 1 fully saturated rings. The van der Waals surface area contributed by atoms with Crippen molar-refractivity contribution >= 4 is 5.95 Å². The fourth-order valence-corrected chi connectivity index (χ4v) is 2.16. The molecular weight excluding hydrogens is 222 g/mol. The van der Waals surface area contributed by atoms with Gasteiger partial charge in [0.2, 0.25) is 5.95 Å². The lowest BCUT2D eigenvalue weighted by atomic mass is 10.1. The van der Waals surface area contributed by atoms with Crippen LogP contribution in [0.5, 0.6) is 0 Å². The van der Waals surface area contributed by atoms with Crippen LogP contribution in [0.4, 0.5) is 5.95 Å². The quantitative estimate of drug-likeness (QED) is 0.872.